The predicted molar refractivity (Wildman–Crippen MR) is 59.2 cm³/mol. The average Bonchev–Trinajstić information content (AvgIpc) is 2.67. The molecule has 84 valence electrons. The molecule has 0 aliphatic heterocycles. The quantitative estimate of drug-likeness (QED) is 0.780. The maximum absolute atomic E-state index is 5.07. The van der Waals surface area contributed by atoms with E-state index in [0.29, 0.717) is 20.7 Å². The summed E-state index contributed by atoms with van der Waals surface area (Å²) in [6.07, 6.45) is 1.62. The number of halogens is 1. The minimum atomic E-state index is 0.479. The second-order valence-corrected chi connectivity index (χ2v) is 4.49. The Morgan fingerprint density at radius 1 is 1.50 bits per heavy atom. The van der Waals surface area contributed by atoms with E-state index in [2.05, 4.69) is 41.4 Å². The van der Waals surface area contributed by atoms with Gasteiger partial charge in [0.05, 0.1) is 11.6 Å². The van der Waals surface area contributed by atoms with Gasteiger partial charge in [-0.15, -0.1) is 5.10 Å². The fourth-order valence-electron chi connectivity index (χ4n) is 0.918. The molecule has 0 spiro atoms. The van der Waals surface area contributed by atoms with Crippen LogP contribution in [0.3, 0.4) is 0 Å². The molecule has 0 aliphatic rings. The molecular weight excluding hydrogens is 296 g/mol. The fourth-order valence-corrected chi connectivity index (χ4v) is 1.91. The summed E-state index contributed by atoms with van der Waals surface area (Å²) in [6, 6.07) is 0. The van der Waals surface area contributed by atoms with Gasteiger partial charge in [0, 0.05) is 13.2 Å². The van der Waals surface area contributed by atoms with Gasteiger partial charge in [-0.05, 0) is 38.1 Å². The van der Waals surface area contributed by atoms with Crippen LogP contribution in [0.25, 0.3) is 0 Å². The molecule has 0 saturated heterocycles. The molecule has 16 heavy (non-hydrogen) atoms. The van der Waals surface area contributed by atoms with Crippen LogP contribution in [0.1, 0.15) is 0 Å². The van der Waals surface area contributed by atoms with Crippen molar-refractivity contribution in [3.8, 4) is 5.88 Å². The zero-order valence-electron chi connectivity index (χ0n) is 8.46. The smallest absolute Gasteiger partial charge is 0.231 e. The van der Waals surface area contributed by atoms with Crippen molar-refractivity contribution in [2.45, 2.75) is 10.3 Å². The normalized spacial score (nSPS) is 10.4. The van der Waals surface area contributed by atoms with E-state index in [1.807, 2.05) is 0 Å². The lowest BCUT2D eigenvalue weighted by molar-refractivity contribution is 0.389. The third-order valence-electron chi connectivity index (χ3n) is 1.65. The summed E-state index contributed by atoms with van der Waals surface area (Å²) in [4.78, 5) is 8.30. The molecular formula is C7H7BrN6OS. The molecule has 0 amide bonds. The molecule has 0 saturated carbocycles. The number of nitrogens with zero attached hydrogens (tertiary/aromatic N) is 6. The maximum Gasteiger partial charge on any atom is 0.231 e. The summed E-state index contributed by atoms with van der Waals surface area (Å²) >= 11 is 4.54. The van der Waals surface area contributed by atoms with Gasteiger partial charge in [0.1, 0.15) is 0 Å². The molecule has 0 aromatic carbocycles. The van der Waals surface area contributed by atoms with E-state index >= 15 is 0 Å². The topological polar surface area (TPSA) is 78.6 Å². The number of rotatable bonds is 3. The number of ether oxygens (including phenoxy) is 1. The summed E-state index contributed by atoms with van der Waals surface area (Å²) < 4.78 is 7.31. The zero-order valence-corrected chi connectivity index (χ0v) is 10.9. The van der Waals surface area contributed by atoms with E-state index in [9.17, 15) is 0 Å². The summed E-state index contributed by atoms with van der Waals surface area (Å²) in [5.41, 5.74) is 0. The second kappa shape index (κ2) is 4.74. The van der Waals surface area contributed by atoms with E-state index in [-0.39, 0.29) is 0 Å². The number of methoxy groups -OCH3 is 1. The highest BCUT2D eigenvalue weighted by Crippen LogP contribution is 2.26. The van der Waals surface area contributed by atoms with Crippen molar-refractivity contribution in [2.24, 2.45) is 7.05 Å². The van der Waals surface area contributed by atoms with E-state index in [0.717, 1.165) is 0 Å². The number of hydrogen-bond donors (Lipinski definition) is 0. The molecule has 0 bridgehead atoms. The molecule has 0 aliphatic carbocycles. The van der Waals surface area contributed by atoms with Gasteiger partial charge >= 0.3 is 0 Å². The third kappa shape index (κ3) is 2.30. The Balaban J connectivity index is 2.25. The molecule has 0 radical (unpaired) electrons. The monoisotopic (exact) mass is 302 g/mol. The van der Waals surface area contributed by atoms with E-state index in [1.54, 1.807) is 25.0 Å². The van der Waals surface area contributed by atoms with Crippen LogP contribution in [0, 0.1) is 0 Å². The Morgan fingerprint density at radius 2 is 2.31 bits per heavy atom. The van der Waals surface area contributed by atoms with Crippen molar-refractivity contribution in [2.75, 3.05) is 7.11 Å². The Morgan fingerprint density at radius 3 is 2.94 bits per heavy atom. The van der Waals surface area contributed by atoms with Gasteiger partial charge < -0.3 is 4.74 Å². The third-order valence-corrected chi connectivity index (χ3v) is 3.10. The van der Waals surface area contributed by atoms with Crippen LogP contribution in [0.2, 0.25) is 0 Å². The highest BCUT2D eigenvalue weighted by Gasteiger charge is 2.10. The van der Waals surface area contributed by atoms with Crippen LogP contribution in [0.15, 0.2) is 21.0 Å². The molecule has 7 nitrogen and oxygen atoms in total. The Bertz CT molecular complexity index is 503. The Hall–Kier alpha value is -1.22. The lowest BCUT2D eigenvalue weighted by atomic mass is 10.6. The number of aryl methyl sites for hydroxylation is 1. The van der Waals surface area contributed by atoms with Crippen LogP contribution in [-0.4, -0.2) is 37.3 Å². The fraction of sp³-hybridized carbons (Fsp3) is 0.286. The highest BCUT2D eigenvalue weighted by molar-refractivity contribution is 9.10. The van der Waals surface area contributed by atoms with Gasteiger partial charge in [-0.2, -0.15) is 4.98 Å². The zero-order chi connectivity index (χ0) is 11.5. The van der Waals surface area contributed by atoms with Gasteiger partial charge in [-0.3, -0.25) is 0 Å². The Kier molecular flexibility index (Phi) is 3.34. The van der Waals surface area contributed by atoms with Crippen molar-refractivity contribution in [3.63, 3.8) is 0 Å². The lowest BCUT2D eigenvalue weighted by Crippen LogP contribution is -1.96. The van der Waals surface area contributed by atoms with Crippen LogP contribution in [-0.2, 0) is 7.05 Å². The summed E-state index contributed by atoms with van der Waals surface area (Å²) in [5, 5.41) is 12.2. The molecule has 2 aromatic heterocycles. The molecule has 9 heteroatoms. The first-order valence-electron chi connectivity index (χ1n) is 4.17. The summed E-state index contributed by atoms with van der Waals surface area (Å²) in [5.74, 6) is 0.479. The van der Waals surface area contributed by atoms with E-state index in [1.165, 1.54) is 11.8 Å². The number of aromatic nitrogens is 6. The summed E-state index contributed by atoms with van der Waals surface area (Å²) in [7, 11) is 3.30. The first-order chi connectivity index (χ1) is 7.70. The minimum absolute atomic E-state index is 0.479. The molecule has 2 rings (SSSR count). The predicted octanol–water partition coefficient (Wildman–Crippen LogP) is 0.922. The lowest BCUT2D eigenvalue weighted by Gasteiger charge is -2.03. The van der Waals surface area contributed by atoms with Crippen LogP contribution in [0.4, 0.5) is 0 Å². The average molecular weight is 303 g/mol. The molecule has 0 N–H and O–H groups in total. The number of hydrogen-bond acceptors (Lipinski definition) is 7. The number of tetrazole rings is 1. The van der Waals surface area contributed by atoms with Crippen LogP contribution >= 0.6 is 27.7 Å². The molecule has 0 unspecified atom stereocenters. The van der Waals surface area contributed by atoms with Crippen molar-refractivity contribution >= 4 is 27.7 Å². The molecule has 0 fully saturated rings. The standard InChI is InChI=1S/C7H7BrN6OS/c1-14-7(11-12-13-14)16-6-9-3-4(8)5(10-6)15-2/h3H,1-2H3. The Labute approximate surface area is 104 Å². The van der Waals surface area contributed by atoms with E-state index in [4.69, 9.17) is 4.74 Å². The van der Waals surface area contributed by atoms with Crippen LogP contribution < -0.4 is 4.74 Å². The van der Waals surface area contributed by atoms with Gasteiger partial charge in [0.2, 0.25) is 11.0 Å². The highest BCUT2D eigenvalue weighted by atomic mass is 79.9. The van der Waals surface area contributed by atoms with Crippen LogP contribution in [0.5, 0.6) is 5.88 Å². The van der Waals surface area contributed by atoms with Crippen molar-refractivity contribution in [1.82, 2.24) is 30.2 Å². The van der Waals surface area contributed by atoms with Crippen molar-refractivity contribution < 1.29 is 4.74 Å². The summed E-state index contributed by atoms with van der Waals surface area (Å²) in [6.45, 7) is 0. The van der Waals surface area contributed by atoms with Gasteiger partial charge in [-0.1, -0.05) is 0 Å². The van der Waals surface area contributed by atoms with Gasteiger partial charge in [-0.25, -0.2) is 9.67 Å². The van der Waals surface area contributed by atoms with Crippen molar-refractivity contribution in [3.05, 3.63) is 10.7 Å². The van der Waals surface area contributed by atoms with E-state index < -0.39 is 0 Å². The first kappa shape index (κ1) is 11.3. The first-order valence-corrected chi connectivity index (χ1v) is 5.78. The minimum Gasteiger partial charge on any atom is -0.480 e. The largest absolute Gasteiger partial charge is 0.480 e. The van der Waals surface area contributed by atoms with Crippen molar-refractivity contribution in [1.29, 1.82) is 0 Å². The van der Waals surface area contributed by atoms with Gasteiger partial charge in [0.25, 0.3) is 0 Å². The molecule has 2 aromatic rings. The second-order valence-electron chi connectivity index (χ2n) is 2.70. The SMILES string of the molecule is COc1nc(Sc2nnnn2C)ncc1Br. The maximum atomic E-state index is 5.07. The molecule has 0 atom stereocenters. The molecule has 2 heterocycles. The van der Waals surface area contributed by atoms with Gasteiger partial charge in [0.15, 0.2) is 5.16 Å².